The van der Waals surface area contributed by atoms with Gasteiger partial charge in [0, 0.05) is 4.90 Å². The number of hydrogen-bond acceptors (Lipinski definition) is 2. The second-order valence-corrected chi connectivity index (χ2v) is 3.28. The fourth-order valence-electron chi connectivity index (χ4n) is 1.10. The van der Waals surface area contributed by atoms with Gasteiger partial charge >= 0.3 is 0 Å². The van der Waals surface area contributed by atoms with Crippen molar-refractivity contribution in [3.63, 3.8) is 0 Å². The van der Waals surface area contributed by atoms with Crippen LogP contribution in [0.3, 0.4) is 0 Å². The topological polar surface area (TPSA) is 9.23 Å². The van der Waals surface area contributed by atoms with Crippen molar-refractivity contribution in [2.45, 2.75) is 4.90 Å². The van der Waals surface area contributed by atoms with Crippen LogP contribution in [0.2, 0.25) is 0 Å². The van der Waals surface area contributed by atoms with Crippen molar-refractivity contribution < 1.29 is 6.11 Å². The number of hydrogen-bond donors (Lipinski definition) is 1. The molecule has 0 saturated heterocycles. The zero-order valence-corrected chi connectivity index (χ0v) is 8.37. The van der Waals surface area contributed by atoms with Gasteiger partial charge < -0.3 is 4.74 Å². The van der Waals surface area contributed by atoms with E-state index in [4.69, 9.17) is 6.11 Å². The number of para-hydroxylation sites is 2. The minimum atomic E-state index is 0.370. The molecule has 0 bridgehead atoms. The van der Waals surface area contributed by atoms with Crippen molar-refractivity contribution >= 4 is 12.6 Å². The molecule has 0 aliphatic rings. The Morgan fingerprint density at radius 2 is 1.79 bits per heavy atom. The number of benzene rings is 2. The molecule has 2 aromatic carbocycles. The van der Waals surface area contributed by atoms with E-state index in [1.165, 1.54) is 0 Å². The second kappa shape index (κ2) is 4.20. The Labute approximate surface area is 90.2 Å². The summed E-state index contributed by atoms with van der Waals surface area (Å²) in [6.07, 6.45) is 0. The van der Waals surface area contributed by atoms with Crippen molar-refractivity contribution in [1.82, 2.24) is 0 Å². The normalized spacial score (nSPS) is 10.8. The SMILES string of the molecule is [2H]c1ccccc1Oc1ccccc1S. The summed E-state index contributed by atoms with van der Waals surface area (Å²) in [4.78, 5) is 0.765. The third-order valence-electron chi connectivity index (χ3n) is 1.77. The molecule has 0 N–H and O–H groups in total. The minimum absolute atomic E-state index is 0.370. The standard InChI is InChI=1S/C12H10OS/c14-12-9-5-4-8-11(12)13-10-6-2-1-3-7-10/h1-9,14H/i6D. The summed E-state index contributed by atoms with van der Waals surface area (Å²) in [6.45, 7) is 0. The molecule has 0 radical (unpaired) electrons. The van der Waals surface area contributed by atoms with Crippen LogP contribution in [0.25, 0.3) is 0 Å². The Kier molecular flexibility index (Phi) is 2.38. The highest BCUT2D eigenvalue weighted by atomic mass is 32.1. The van der Waals surface area contributed by atoms with Crippen LogP contribution in [-0.4, -0.2) is 0 Å². The van der Waals surface area contributed by atoms with Crippen LogP contribution in [0.4, 0.5) is 0 Å². The average Bonchev–Trinajstić information content (AvgIpc) is 2.24. The number of ether oxygens (including phenoxy) is 1. The predicted molar refractivity (Wildman–Crippen MR) is 60.2 cm³/mol. The van der Waals surface area contributed by atoms with Crippen LogP contribution in [-0.2, 0) is 0 Å². The fourth-order valence-corrected chi connectivity index (χ4v) is 1.31. The van der Waals surface area contributed by atoms with Crippen LogP contribution in [0.15, 0.2) is 59.5 Å². The molecule has 0 heterocycles. The highest BCUT2D eigenvalue weighted by molar-refractivity contribution is 7.80. The van der Waals surface area contributed by atoms with E-state index in [1.807, 2.05) is 36.4 Å². The van der Waals surface area contributed by atoms with Crippen LogP contribution in [0, 0.1) is 0 Å². The summed E-state index contributed by atoms with van der Waals surface area (Å²) >= 11 is 4.28. The largest absolute Gasteiger partial charge is 0.456 e. The van der Waals surface area contributed by atoms with Gasteiger partial charge in [-0.2, -0.15) is 0 Å². The molecule has 0 spiro atoms. The zero-order valence-electron chi connectivity index (χ0n) is 8.47. The van der Waals surface area contributed by atoms with Gasteiger partial charge in [0.1, 0.15) is 11.5 Å². The molecule has 0 amide bonds. The molecule has 0 atom stereocenters. The molecular formula is C12H10OS. The first-order chi connectivity index (χ1) is 7.27. The quantitative estimate of drug-likeness (QED) is 0.731. The average molecular weight is 203 g/mol. The Morgan fingerprint density at radius 3 is 2.57 bits per heavy atom. The van der Waals surface area contributed by atoms with Gasteiger partial charge in [0.15, 0.2) is 0 Å². The van der Waals surface area contributed by atoms with E-state index in [-0.39, 0.29) is 0 Å². The van der Waals surface area contributed by atoms with E-state index in [9.17, 15) is 0 Å². The fraction of sp³-hybridized carbons (Fsp3) is 0. The third kappa shape index (κ3) is 2.09. The number of rotatable bonds is 2. The molecule has 1 nitrogen and oxygen atoms in total. The first-order valence-corrected chi connectivity index (χ1v) is 4.73. The highest BCUT2D eigenvalue weighted by Gasteiger charge is 1.98. The minimum Gasteiger partial charge on any atom is -0.456 e. The van der Waals surface area contributed by atoms with Crippen molar-refractivity contribution in [3.05, 3.63) is 54.6 Å². The van der Waals surface area contributed by atoms with E-state index >= 15 is 0 Å². The molecule has 14 heavy (non-hydrogen) atoms. The Bertz CT molecular complexity index is 427. The Hall–Kier alpha value is -1.41. The molecule has 0 unspecified atom stereocenters. The first-order valence-electron chi connectivity index (χ1n) is 4.79. The van der Waals surface area contributed by atoms with E-state index in [0.717, 1.165) is 4.90 Å². The highest BCUT2D eigenvalue weighted by Crippen LogP contribution is 2.26. The molecule has 0 aliphatic carbocycles. The molecule has 0 fully saturated rings. The molecule has 0 saturated carbocycles. The second-order valence-electron chi connectivity index (χ2n) is 2.80. The van der Waals surface area contributed by atoms with Crippen molar-refractivity contribution in [2.75, 3.05) is 0 Å². The maximum atomic E-state index is 7.64. The maximum absolute atomic E-state index is 7.64. The van der Waals surface area contributed by atoms with Crippen molar-refractivity contribution in [3.8, 4) is 11.5 Å². The monoisotopic (exact) mass is 203 g/mol. The van der Waals surface area contributed by atoms with Gasteiger partial charge in [0.05, 0.1) is 1.37 Å². The summed E-state index contributed by atoms with van der Waals surface area (Å²) in [5.74, 6) is 1.21. The van der Waals surface area contributed by atoms with Crippen LogP contribution < -0.4 is 4.74 Å². The van der Waals surface area contributed by atoms with Crippen LogP contribution in [0.1, 0.15) is 1.37 Å². The van der Waals surface area contributed by atoms with Crippen LogP contribution in [0.5, 0.6) is 11.5 Å². The number of thiol groups is 1. The Morgan fingerprint density at radius 1 is 1.00 bits per heavy atom. The summed E-state index contributed by atoms with van der Waals surface area (Å²) in [5, 5.41) is 0. The smallest absolute Gasteiger partial charge is 0.140 e. The van der Waals surface area contributed by atoms with Gasteiger partial charge in [-0.15, -0.1) is 12.6 Å². The zero-order chi connectivity index (χ0) is 10.7. The van der Waals surface area contributed by atoms with E-state index < -0.39 is 0 Å². The lowest BCUT2D eigenvalue weighted by Crippen LogP contribution is -1.84. The van der Waals surface area contributed by atoms with Crippen LogP contribution >= 0.6 is 12.6 Å². The predicted octanol–water partition coefficient (Wildman–Crippen LogP) is 3.77. The van der Waals surface area contributed by atoms with Gasteiger partial charge in [-0.05, 0) is 24.2 Å². The molecule has 2 rings (SSSR count). The lowest BCUT2D eigenvalue weighted by Gasteiger charge is -2.06. The third-order valence-corrected chi connectivity index (χ3v) is 2.14. The summed E-state index contributed by atoms with van der Waals surface area (Å²) < 4.78 is 13.2. The van der Waals surface area contributed by atoms with Crippen molar-refractivity contribution in [1.29, 1.82) is 0 Å². The molecular weight excluding hydrogens is 192 g/mol. The molecule has 0 aliphatic heterocycles. The molecule has 70 valence electrons. The molecule has 0 aromatic heterocycles. The maximum Gasteiger partial charge on any atom is 0.140 e. The molecule has 2 heteroatoms. The van der Waals surface area contributed by atoms with Crippen molar-refractivity contribution in [2.24, 2.45) is 0 Å². The summed E-state index contributed by atoms with van der Waals surface area (Å²) in [7, 11) is 0. The van der Waals surface area contributed by atoms with E-state index in [2.05, 4.69) is 12.6 Å². The first kappa shape index (κ1) is 7.94. The van der Waals surface area contributed by atoms with Gasteiger partial charge in [0.2, 0.25) is 0 Å². The Balaban J connectivity index is 2.30. The lowest BCUT2D eigenvalue weighted by molar-refractivity contribution is 0.471. The van der Waals surface area contributed by atoms with E-state index in [1.54, 1.807) is 12.1 Å². The molecule has 2 aromatic rings. The van der Waals surface area contributed by atoms with Gasteiger partial charge in [-0.1, -0.05) is 30.3 Å². The van der Waals surface area contributed by atoms with Gasteiger partial charge in [0.25, 0.3) is 0 Å². The lowest BCUT2D eigenvalue weighted by atomic mass is 10.3. The van der Waals surface area contributed by atoms with Gasteiger partial charge in [-0.3, -0.25) is 0 Å². The van der Waals surface area contributed by atoms with Gasteiger partial charge in [-0.25, -0.2) is 0 Å². The van der Waals surface area contributed by atoms with E-state index in [0.29, 0.717) is 17.5 Å². The summed E-state index contributed by atoms with van der Waals surface area (Å²) in [5.41, 5.74) is 0. The summed E-state index contributed by atoms with van der Waals surface area (Å²) in [6, 6.07) is 14.9.